The minimum absolute atomic E-state index is 0.0273. The number of carbonyl (C=O) groups is 1. The van der Waals surface area contributed by atoms with E-state index in [9.17, 15) is 14.9 Å². The van der Waals surface area contributed by atoms with E-state index in [1.54, 1.807) is 25.1 Å². The smallest absolute Gasteiger partial charge is 0.311 e. The van der Waals surface area contributed by atoms with Gasteiger partial charge in [-0.2, -0.15) is 5.10 Å². The summed E-state index contributed by atoms with van der Waals surface area (Å²) in [6, 6.07) is 11.7. The summed E-state index contributed by atoms with van der Waals surface area (Å²) in [6.07, 6.45) is 1.44. The third kappa shape index (κ3) is 5.03. The highest BCUT2D eigenvalue weighted by Gasteiger charge is 2.16. The zero-order chi connectivity index (χ0) is 18.2. The van der Waals surface area contributed by atoms with E-state index in [-0.39, 0.29) is 11.4 Å². The number of aryl methyl sites for hydroxylation is 1. The number of ether oxygens (including phenoxy) is 2. The van der Waals surface area contributed by atoms with Gasteiger partial charge in [-0.3, -0.25) is 14.9 Å². The lowest BCUT2D eigenvalue weighted by atomic mass is 10.2. The van der Waals surface area contributed by atoms with Gasteiger partial charge in [0.05, 0.1) is 18.2 Å². The average Bonchev–Trinajstić information content (AvgIpc) is 2.61. The molecular formula is C17H17N3O5. The van der Waals surface area contributed by atoms with Crippen molar-refractivity contribution in [3.8, 4) is 11.5 Å². The molecule has 2 rings (SSSR count). The third-order valence-corrected chi connectivity index (χ3v) is 3.20. The molecule has 0 saturated heterocycles. The second kappa shape index (κ2) is 8.44. The van der Waals surface area contributed by atoms with Crippen molar-refractivity contribution in [2.45, 2.75) is 6.92 Å². The Hall–Kier alpha value is -3.42. The fourth-order valence-corrected chi connectivity index (χ4v) is 2.01. The highest BCUT2D eigenvalue weighted by molar-refractivity contribution is 5.85. The third-order valence-electron chi connectivity index (χ3n) is 3.20. The minimum atomic E-state index is -0.555. The molecule has 0 spiro atoms. The number of rotatable bonds is 7. The fourth-order valence-electron chi connectivity index (χ4n) is 2.01. The second-order valence-electron chi connectivity index (χ2n) is 5.05. The quantitative estimate of drug-likeness (QED) is 0.472. The molecular weight excluding hydrogens is 326 g/mol. The first-order chi connectivity index (χ1) is 12.0. The highest BCUT2D eigenvalue weighted by Crippen LogP contribution is 2.27. The second-order valence-corrected chi connectivity index (χ2v) is 5.05. The molecule has 25 heavy (non-hydrogen) atoms. The molecule has 2 aromatic rings. The van der Waals surface area contributed by atoms with Crippen molar-refractivity contribution in [2.24, 2.45) is 5.10 Å². The molecule has 0 atom stereocenters. The number of hydrazone groups is 1. The summed E-state index contributed by atoms with van der Waals surface area (Å²) >= 11 is 0. The summed E-state index contributed by atoms with van der Waals surface area (Å²) < 4.78 is 10.4. The van der Waals surface area contributed by atoms with Gasteiger partial charge in [-0.25, -0.2) is 5.43 Å². The Labute approximate surface area is 144 Å². The summed E-state index contributed by atoms with van der Waals surface area (Å²) in [5.41, 5.74) is 3.52. The normalized spacial score (nSPS) is 10.5. The lowest BCUT2D eigenvalue weighted by Crippen LogP contribution is -2.24. The van der Waals surface area contributed by atoms with E-state index in [0.717, 1.165) is 5.56 Å². The first-order valence-electron chi connectivity index (χ1n) is 7.34. The summed E-state index contributed by atoms with van der Waals surface area (Å²) in [4.78, 5) is 22.2. The number of amides is 1. The maximum Gasteiger partial charge on any atom is 0.311 e. The van der Waals surface area contributed by atoms with Crippen molar-refractivity contribution in [2.75, 3.05) is 13.7 Å². The zero-order valence-electron chi connectivity index (χ0n) is 13.8. The van der Waals surface area contributed by atoms with E-state index < -0.39 is 17.4 Å². The monoisotopic (exact) mass is 343 g/mol. The van der Waals surface area contributed by atoms with E-state index in [0.29, 0.717) is 11.3 Å². The number of nitrogens with one attached hydrogen (secondary N) is 1. The van der Waals surface area contributed by atoms with Crippen LogP contribution in [0.25, 0.3) is 0 Å². The topological polar surface area (TPSA) is 103 Å². The fraction of sp³-hybridized carbons (Fsp3) is 0.176. The van der Waals surface area contributed by atoms with E-state index in [1.165, 1.54) is 25.5 Å². The molecule has 0 radical (unpaired) electrons. The van der Waals surface area contributed by atoms with Gasteiger partial charge in [-0.1, -0.05) is 18.2 Å². The molecule has 0 aromatic heterocycles. The summed E-state index contributed by atoms with van der Waals surface area (Å²) in [6.45, 7) is 1.34. The van der Waals surface area contributed by atoms with Crippen LogP contribution in [0.5, 0.6) is 11.5 Å². The molecule has 1 amide bonds. The Kier molecular flexibility index (Phi) is 6.05. The van der Waals surface area contributed by atoms with E-state index >= 15 is 0 Å². The van der Waals surface area contributed by atoms with Gasteiger partial charge in [0.2, 0.25) is 0 Å². The van der Waals surface area contributed by atoms with Crippen LogP contribution < -0.4 is 14.9 Å². The molecule has 0 aliphatic heterocycles. The maximum absolute atomic E-state index is 11.8. The van der Waals surface area contributed by atoms with Gasteiger partial charge in [0, 0.05) is 11.6 Å². The van der Waals surface area contributed by atoms with Crippen LogP contribution >= 0.6 is 0 Å². The predicted octanol–water partition coefficient (Wildman–Crippen LogP) is 2.44. The molecule has 8 nitrogen and oxygen atoms in total. The molecule has 0 fully saturated rings. The molecule has 0 aliphatic carbocycles. The number of methoxy groups -OCH3 is 1. The average molecular weight is 343 g/mol. The molecule has 0 bridgehead atoms. The van der Waals surface area contributed by atoms with Crippen LogP contribution in [0.15, 0.2) is 47.6 Å². The first-order valence-corrected chi connectivity index (χ1v) is 7.34. The Morgan fingerprint density at radius 1 is 1.28 bits per heavy atom. The van der Waals surface area contributed by atoms with Gasteiger partial charge in [-0.05, 0) is 30.7 Å². The molecule has 0 aliphatic rings. The number of nitro benzene ring substituents is 1. The maximum atomic E-state index is 11.8. The van der Waals surface area contributed by atoms with Gasteiger partial charge < -0.3 is 9.47 Å². The van der Waals surface area contributed by atoms with Crippen LogP contribution in [0.4, 0.5) is 5.69 Å². The van der Waals surface area contributed by atoms with Crippen molar-refractivity contribution >= 4 is 17.8 Å². The Morgan fingerprint density at radius 2 is 2.04 bits per heavy atom. The Morgan fingerprint density at radius 3 is 2.76 bits per heavy atom. The minimum Gasteiger partial charge on any atom is -0.496 e. The van der Waals surface area contributed by atoms with E-state index in [2.05, 4.69) is 10.5 Å². The lowest BCUT2D eigenvalue weighted by molar-refractivity contribution is -0.385. The Balaban J connectivity index is 1.93. The summed E-state index contributed by atoms with van der Waals surface area (Å²) in [5.74, 6) is 0.104. The highest BCUT2D eigenvalue weighted by atomic mass is 16.6. The van der Waals surface area contributed by atoms with Crippen molar-refractivity contribution in [3.05, 3.63) is 63.7 Å². The number of nitro groups is 1. The molecule has 2 aromatic carbocycles. The number of nitrogens with zero attached hydrogens (tertiary/aromatic N) is 2. The van der Waals surface area contributed by atoms with Gasteiger partial charge in [0.25, 0.3) is 5.91 Å². The number of hydrogen-bond donors (Lipinski definition) is 1. The standard InChI is InChI=1S/C17H17N3O5/c1-12-7-8-16(14(9-12)20(22)23)25-11-17(21)19-18-10-13-5-3-4-6-15(13)24-2/h3-10H,11H2,1-2H3,(H,19,21)/b18-10-. The van der Waals surface area contributed by atoms with Crippen molar-refractivity contribution in [1.82, 2.24) is 5.43 Å². The van der Waals surface area contributed by atoms with Crippen LogP contribution in [0.2, 0.25) is 0 Å². The number of carbonyl (C=O) groups excluding carboxylic acids is 1. The van der Waals surface area contributed by atoms with Crippen LogP contribution in [-0.2, 0) is 4.79 Å². The van der Waals surface area contributed by atoms with E-state index in [1.807, 2.05) is 12.1 Å². The van der Waals surface area contributed by atoms with Crippen LogP contribution in [-0.4, -0.2) is 30.8 Å². The Bertz CT molecular complexity index is 805. The van der Waals surface area contributed by atoms with Crippen molar-refractivity contribution in [1.29, 1.82) is 0 Å². The number of hydrogen-bond acceptors (Lipinski definition) is 6. The van der Waals surface area contributed by atoms with Crippen molar-refractivity contribution in [3.63, 3.8) is 0 Å². The van der Waals surface area contributed by atoms with Crippen molar-refractivity contribution < 1.29 is 19.2 Å². The van der Waals surface area contributed by atoms with Gasteiger partial charge in [-0.15, -0.1) is 0 Å². The largest absolute Gasteiger partial charge is 0.496 e. The van der Waals surface area contributed by atoms with Gasteiger partial charge in [0.15, 0.2) is 12.4 Å². The zero-order valence-corrected chi connectivity index (χ0v) is 13.8. The number of benzene rings is 2. The van der Waals surface area contributed by atoms with Gasteiger partial charge in [0.1, 0.15) is 5.75 Å². The molecule has 0 unspecified atom stereocenters. The van der Waals surface area contributed by atoms with Crippen LogP contribution in [0.3, 0.4) is 0 Å². The molecule has 0 heterocycles. The molecule has 1 N–H and O–H groups in total. The molecule has 8 heteroatoms. The molecule has 130 valence electrons. The van der Waals surface area contributed by atoms with Crippen LogP contribution in [0.1, 0.15) is 11.1 Å². The summed E-state index contributed by atoms with van der Waals surface area (Å²) in [7, 11) is 1.54. The van der Waals surface area contributed by atoms with Gasteiger partial charge >= 0.3 is 5.69 Å². The lowest BCUT2D eigenvalue weighted by Gasteiger charge is -2.06. The number of para-hydroxylation sites is 1. The van der Waals surface area contributed by atoms with Crippen LogP contribution in [0, 0.1) is 17.0 Å². The SMILES string of the molecule is COc1ccccc1/C=N\NC(=O)COc1ccc(C)cc1[N+](=O)[O-]. The first kappa shape index (κ1) is 17.9. The molecule has 0 saturated carbocycles. The predicted molar refractivity (Wildman–Crippen MR) is 92.1 cm³/mol. The van der Waals surface area contributed by atoms with E-state index in [4.69, 9.17) is 9.47 Å². The summed E-state index contributed by atoms with van der Waals surface area (Å²) in [5, 5.41) is 14.8.